The van der Waals surface area contributed by atoms with Gasteiger partial charge in [0.05, 0.1) is 22.7 Å². The second kappa shape index (κ2) is 14.9. The van der Waals surface area contributed by atoms with Crippen LogP contribution < -0.4 is 9.80 Å². The maximum absolute atomic E-state index is 6.73. The molecule has 14 aromatic carbocycles. The Morgan fingerprint density at radius 1 is 0.236 bits per heavy atom. The number of furan rings is 2. The fourth-order valence-corrected chi connectivity index (χ4v) is 12.2. The number of anilines is 6. The van der Waals surface area contributed by atoms with Crippen LogP contribution in [-0.2, 0) is 0 Å². The Labute approximate surface area is 413 Å². The first-order valence-corrected chi connectivity index (χ1v) is 24.6. The molecule has 2 aromatic heterocycles. The van der Waals surface area contributed by atoms with Gasteiger partial charge in [-0.15, -0.1) is 0 Å². The van der Waals surface area contributed by atoms with Gasteiger partial charge in [0.2, 0.25) is 0 Å². The molecule has 16 rings (SSSR count). The summed E-state index contributed by atoms with van der Waals surface area (Å²) in [4.78, 5) is 4.88. The molecular formula is C68H40N2O2. The minimum atomic E-state index is 0.875. The Bertz CT molecular complexity index is 4430. The smallest absolute Gasteiger partial charge is 0.138 e. The summed E-state index contributed by atoms with van der Waals surface area (Å²) in [7, 11) is 0. The predicted octanol–water partition coefficient (Wildman–Crippen LogP) is 19.8. The monoisotopic (exact) mass is 916 g/mol. The summed E-state index contributed by atoms with van der Waals surface area (Å²) in [5.74, 6) is 0. The van der Waals surface area contributed by atoms with Gasteiger partial charge in [-0.25, -0.2) is 0 Å². The van der Waals surface area contributed by atoms with Crippen LogP contribution in [-0.4, -0.2) is 0 Å². The molecule has 0 N–H and O–H groups in total. The summed E-state index contributed by atoms with van der Waals surface area (Å²) in [5.41, 5.74) is 14.5. The molecule has 2 heterocycles. The number of hydrogen-bond acceptors (Lipinski definition) is 4. The van der Waals surface area contributed by atoms with E-state index in [0.717, 1.165) is 111 Å². The normalized spacial score (nSPS) is 12.2. The van der Waals surface area contributed by atoms with E-state index in [9.17, 15) is 0 Å². The van der Waals surface area contributed by atoms with Crippen molar-refractivity contribution in [2.24, 2.45) is 0 Å². The highest BCUT2D eigenvalue weighted by atomic mass is 16.3. The lowest BCUT2D eigenvalue weighted by molar-refractivity contribution is 0.669. The van der Waals surface area contributed by atoms with Gasteiger partial charge < -0.3 is 18.6 Å². The van der Waals surface area contributed by atoms with E-state index < -0.39 is 0 Å². The Hall–Kier alpha value is -9.64. The van der Waals surface area contributed by atoms with Crippen molar-refractivity contribution in [3.05, 3.63) is 243 Å². The molecule has 0 amide bonds. The first-order valence-electron chi connectivity index (χ1n) is 24.6. The van der Waals surface area contributed by atoms with E-state index >= 15 is 0 Å². The second-order valence-electron chi connectivity index (χ2n) is 19.2. The van der Waals surface area contributed by atoms with E-state index in [0.29, 0.717) is 0 Å². The van der Waals surface area contributed by atoms with Gasteiger partial charge in [-0.1, -0.05) is 170 Å². The summed E-state index contributed by atoms with van der Waals surface area (Å²) in [6.45, 7) is 0. The molecule has 334 valence electrons. The van der Waals surface area contributed by atoms with Crippen molar-refractivity contribution < 1.29 is 8.83 Å². The minimum Gasteiger partial charge on any atom is -0.456 e. The first kappa shape index (κ1) is 39.2. The molecular weight excluding hydrogens is 877 g/mol. The third-order valence-corrected chi connectivity index (χ3v) is 15.2. The van der Waals surface area contributed by atoms with Crippen LogP contribution in [0.5, 0.6) is 0 Å². The van der Waals surface area contributed by atoms with Crippen LogP contribution >= 0.6 is 0 Å². The quantitative estimate of drug-likeness (QED) is 0.142. The molecule has 0 fully saturated rings. The number of para-hydroxylation sites is 2. The molecule has 0 unspecified atom stereocenters. The molecule has 72 heavy (non-hydrogen) atoms. The molecule has 4 heteroatoms. The molecule has 0 saturated heterocycles. The standard InChI is InChI=1S/C68H40N2O2/c1-5-15-41(16-6-1)55-39-57(69(47-21-9-3-10-22-47)49-35-45-29-27-43-19-13-25-59-63(43)65(45)61(37-49)71-59)53-34-32-52-56(42-17-7-2-8-18-42)40-58(54-33-31-51(55)67(53)68(52)54)70(48-23-11-4-12-24-48)50-36-46-30-28-44-20-14-26-60-64(44)66(46)62(38-50)72-60/h1-40H. The summed E-state index contributed by atoms with van der Waals surface area (Å²) in [6.07, 6.45) is 0. The van der Waals surface area contributed by atoms with Gasteiger partial charge in [0.1, 0.15) is 22.3 Å². The zero-order valence-electron chi connectivity index (χ0n) is 38.8. The van der Waals surface area contributed by atoms with Crippen molar-refractivity contribution in [3.63, 3.8) is 0 Å². The van der Waals surface area contributed by atoms with E-state index in [1.165, 1.54) is 43.1 Å². The molecule has 4 nitrogen and oxygen atoms in total. The predicted molar refractivity (Wildman–Crippen MR) is 302 cm³/mol. The van der Waals surface area contributed by atoms with E-state index in [1.807, 2.05) is 0 Å². The SMILES string of the molecule is c1ccc(-c2cc(N(c3ccccc3)c3cc4ccc5cccc6oc(c3)c4c56)c3ccc4c(-c5ccccc5)cc(N(c5ccccc5)c5cc6ccc7cccc8oc(c5)c6c78)c5ccc2c3c45)cc1. The Kier molecular flexibility index (Phi) is 8.14. The number of nitrogens with zero attached hydrogens (tertiary/aromatic N) is 2. The van der Waals surface area contributed by atoms with Crippen LogP contribution in [0.15, 0.2) is 251 Å². The Morgan fingerprint density at radius 2 is 0.611 bits per heavy atom. The maximum atomic E-state index is 6.73. The third kappa shape index (κ3) is 5.63. The molecule has 0 aliphatic carbocycles. The summed E-state index contributed by atoms with van der Waals surface area (Å²) < 4.78 is 13.5. The third-order valence-electron chi connectivity index (χ3n) is 15.2. The van der Waals surface area contributed by atoms with Gasteiger partial charge in [-0.05, 0) is 115 Å². The van der Waals surface area contributed by atoms with Crippen molar-refractivity contribution in [2.75, 3.05) is 9.80 Å². The topological polar surface area (TPSA) is 32.8 Å². The highest BCUT2D eigenvalue weighted by Crippen LogP contribution is 2.53. The molecule has 0 bridgehead atoms. The van der Waals surface area contributed by atoms with Crippen LogP contribution in [0.1, 0.15) is 0 Å². The zero-order valence-corrected chi connectivity index (χ0v) is 38.8. The van der Waals surface area contributed by atoms with Gasteiger partial charge in [-0.2, -0.15) is 0 Å². The molecule has 16 aromatic rings. The fraction of sp³-hybridized carbons (Fsp3) is 0. The average Bonchev–Trinajstić information content (AvgIpc) is 4.02. The minimum absolute atomic E-state index is 0.875. The Morgan fingerprint density at radius 3 is 1.04 bits per heavy atom. The second-order valence-corrected chi connectivity index (χ2v) is 19.2. The van der Waals surface area contributed by atoms with Crippen LogP contribution in [0.25, 0.3) is 120 Å². The van der Waals surface area contributed by atoms with Gasteiger partial charge in [-0.3, -0.25) is 0 Å². The highest BCUT2D eigenvalue weighted by Gasteiger charge is 2.27. The molecule has 0 atom stereocenters. The summed E-state index contributed by atoms with van der Waals surface area (Å²) in [5, 5.41) is 16.4. The van der Waals surface area contributed by atoms with Gasteiger partial charge in [0.25, 0.3) is 0 Å². The van der Waals surface area contributed by atoms with Crippen LogP contribution in [0.4, 0.5) is 34.1 Å². The van der Waals surface area contributed by atoms with Crippen molar-refractivity contribution in [1.82, 2.24) is 0 Å². The highest BCUT2D eigenvalue weighted by molar-refractivity contribution is 6.33. The van der Waals surface area contributed by atoms with Crippen molar-refractivity contribution in [1.29, 1.82) is 0 Å². The van der Waals surface area contributed by atoms with Crippen LogP contribution in [0, 0.1) is 0 Å². The number of rotatable bonds is 8. The van der Waals surface area contributed by atoms with E-state index in [-0.39, 0.29) is 0 Å². The Balaban J connectivity index is 1.04. The molecule has 0 aliphatic rings. The summed E-state index contributed by atoms with van der Waals surface area (Å²) in [6, 6.07) is 88.4. The molecule has 0 spiro atoms. The van der Waals surface area contributed by atoms with Gasteiger partial charge in [0, 0.05) is 66.6 Å². The lowest BCUT2D eigenvalue weighted by atomic mass is 9.85. The maximum Gasteiger partial charge on any atom is 0.138 e. The molecule has 0 saturated carbocycles. The van der Waals surface area contributed by atoms with Crippen molar-refractivity contribution >= 4 is 132 Å². The van der Waals surface area contributed by atoms with E-state index in [1.54, 1.807) is 0 Å². The molecule has 0 radical (unpaired) electrons. The van der Waals surface area contributed by atoms with Crippen LogP contribution in [0.2, 0.25) is 0 Å². The lowest BCUT2D eigenvalue weighted by Gasteiger charge is -2.31. The van der Waals surface area contributed by atoms with Gasteiger partial charge in [0.15, 0.2) is 0 Å². The van der Waals surface area contributed by atoms with Crippen LogP contribution in [0.3, 0.4) is 0 Å². The first-order chi connectivity index (χ1) is 35.7. The number of hydrogen-bond donors (Lipinski definition) is 0. The zero-order chi connectivity index (χ0) is 47.0. The lowest BCUT2D eigenvalue weighted by Crippen LogP contribution is -2.12. The van der Waals surface area contributed by atoms with E-state index in [4.69, 9.17) is 8.83 Å². The van der Waals surface area contributed by atoms with Crippen molar-refractivity contribution in [3.8, 4) is 22.3 Å². The van der Waals surface area contributed by atoms with E-state index in [2.05, 4.69) is 252 Å². The molecule has 0 aliphatic heterocycles. The van der Waals surface area contributed by atoms with Crippen molar-refractivity contribution in [2.45, 2.75) is 0 Å². The number of benzene rings is 14. The fourth-order valence-electron chi connectivity index (χ4n) is 12.2. The van der Waals surface area contributed by atoms with Gasteiger partial charge >= 0.3 is 0 Å². The average molecular weight is 917 g/mol. The summed E-state index contributed by atoms with van der Waals surface area (Å²) >= 11 is 0. The largest absolute Gasteiger partial charge is 0.456 e.